The fraction of sp³-hybridized carbons (Fsp3) is 0.357. The van der Waals surface area contributed by atoms with Crippen LogP contribution in [0.1, 0.15) is 23.7 Å². The van der Waals surface area contributed by atoms with Crippen molar-refractivity contribution >= 4 is 0 Å². The molecule has 3 N–H and O–H groups in total. The highest BCUT2D eigenvalue weighted by atomic mass is 16.5. The van der Waals surface area contributed by atoms with Crippen molar-refractivity contribution in [2.24, 2.45) is 12.9 Å². The van der Waals surface area contributed by atoms with Crippen LogP contribution in [-0.4, -0.2) is 16.9 Å². The lowest BCUT2D eigenvalue weighted by Gasteiger charge is -2.17. The van der Waals surface area contributed by atoms with Crippen molar-refractivity contribution in [3.05, 3.63) is 47.8 Å². The molecule has 0 aliphatic carbocycles. The molecule has 0 aliphatic heterocycles. The van der Waals surface area contributed by atoms with Crippen LogP contribution in [0, 0.1) is 0 Å². The Balaban J connectivity index is 2.10. The van der Waals surface area contributed by atoms with Gasteiger partial charge >= 0.3 is 0 Å². The van der Waals surface area contributed by atoms with E-state index in [1.807, 2.05) is 25.2 Å². The minimum absolute atomic E-state index is 0.0163. The van der Waals surface area contributed by atoms with Crippen LogP contribution in [0.4, 0.5) is 0 Å². The second kappa shape index (κ2) is 6.36. The highest BCUT2D eigenvalue weighted by Gasteiger charge is 2.19. The molecule has 0 saturated heterocycles. The van der Waals surface area contributed by atoms with Gasteiger partial charge in [0.1, 0.15) is 0 Å². The Morgan fingerprint density at radius 2 is 2.11 bits per heavy atom. The number of methoxy groups -OCH3 is 1. The van der Waals surface area contributed by atoms with Gasteiger partial charge in [-0.25, -0.2) is 0 Å². The van der Waals surface area contributed by atoms with E-state index in [2.05, 4.69) is 22.7 Å². The molecule has 0 bridgehead atoms. The standard InChI is InChI=1S/C14H20N4O/c1-18-14(13(19-2)10-16-18)12(17-15)9-8-11-6-4-3-5-7-11/h3-7,10,12,17H,8-9,15H2,1-2H3. The van der Waals surface area contributed by atoms with Crippen LogP contribution < -0.4 is 16.0 Å². The van der Waals surface area contributed by atoms with Crippen LogP contribution in [-0.2, 0) is 13.5 Å². The summed E-state index contributed by atoms with van der Waals surface area (Å²) in [6.07, 6.45) is 3.54. The summed E-state index contributed by atoms with van der Waals surface area (Å²) in [5.74, 6) is 6.44. The van der Waals surface area contributed by atoms with Gasteiger partial charge in [-0.2, -0.15) is 5.10 Å². The molecule has 1 aromatic heterocycles. The Labute approximate surface area is 113 Å². The molecule has 2 aromatic rings. The maximum absolute atomic E-state index is 5.67. The van der Waals surface area contributed by atoms with E-state index in [1.54, 1.807) is 18.0 Å². The summed E-state index contributed by atoms with van der Waals surface area (Å²) >= 11 is 0. The Morgan fingerprint density at radius 3 is 2.74 bits per heavy atom. The summed E-state index contributed by atoms with van der Waals surface area (Å²) in [4.78, 5) is 0. The first-order chi connectivity index (χ1) is 9.26. The molecule has 0 amide bonds. The minimum atomic E-state index is 0.0163. The van der Waals surface area contributed by atoms with Crippen LogP contribution >= 0.6 is 0 Å². The smallest absolute Gasteiger partial charge is 0.161 e. The van der Waals surface area contributed by atoms with E-state index < -0.39 is 0 Å². The van der Waals surface area contributed by atoms with Crippen molar-refractivity contribution in [1.29, 1.82) is 0 Å². The first-order valence-electron chi connectivity index (χ1n) is 6.32. The zero-order chi connectivity index (χ0) is 13.7. The molecule has 0 fully saturated rings. The Hall–Kier alpha value is -1.85. The summed E-state index contributed by atoms with van der Waals surface area (Å²) in [6, 6.07) is 10.4. The third-order valence-electron chi connectivity index (χ3n) is 3.26. The van der Waals surface area contributed by atoms with Crippen LogP contribution in [0.15, 0.2) is 36.5 Å². The van der Waals surface area contributed by atoms with E-state index in [4.69, 9.17) is 10.6 Å². The fourth-order valence-electron chi connectivity index (χ4n) is 2.24. The number of nitrogens with zero attached hydrogens (tertiary/aromatic N) is 2. The van der Waals surface area contributed by atoms with Crippen molar-refractivity contribution in [1.82, 2.24) is 15.2 Å². The molecule has 0 saturated carbocycles. The SMILES string of the molecule is COc1cnn(C)c1C(CCc1ccccc1)NN. The van der Waals surface area contributed by atoms with Gasteiger partial charge in [0.15, 0.2) is 5.75 Å². The predicted molar refractivity (Wildman–Crippen MR) is 74.6 cm³/mol. The third-order valence-corrected chi connectivity index (χ3v) is 3.26. The Bertz CT molecular complexity index is 509. The first-order valence-corrected chi connectivity index (χ1v) is 6.32. The van der Waals surface area contributed by atoms with E-state index in [9.17, 15) is 0 Å². The number of hydrogen-bond acceptors (Lipinski definition) is 4. The van der Waals surface area contributed by atoms with Gasteiger partial charge in [-0.15, -0.1) is 0 Å². The van der Waals surface area contributed by atoms with Gasteiger partial charge in [-0.3, -0.25) is 16.0 Å². The van der Waals surface area contributed by atoms with Gasteiger partial charge in [-0.05, 0) is 18.4 Å². The van der Waals surface area contributed by atoms with Crippen molar-refractivity contribution in [2.75, 3.05) is 7.11 Å². The average molecular weight is 260 g/mol. The number of aryl methyl sites for hydroxylation is 2. The second-order valence-corrected chi connectivity index (χ2v) is 4.47. The molecular weight excluding hydrogens is 240 g/mol. The summed E-state index contributed by atoms with van der Waals surface area (Å²) in [5, 5.41) is 4.21. The van der Waals surface area contributed by atoms with Gasteiger partial charge in [0.05, 0.1) is 25.0 Å². The van der Waals surface area contributed by atoms with Crippen LogP contribution in [0.3, 0.4) is 0 Å². The monoisotopic (exact) mass is 260 g/mol. The van der Waals surface area contributed by atoms with Gasteiger partial charge in [0, 0.05) is 7.05 Å². The molecule has 0 spiro atoms. The Kier molecular flexibility index (Phi) is 4.54. The molecule has 1 atom stereocenters. The van der Waals surface area contributed by atoms with E-state index in [-0.39, 0.29) is 6.04 Å². The van der Waals surface area contributed by atoms with E-state index in [0.717, 1.165) is 24.3 Å². The fourth-order valence-corrected chi connectivity index (χ4v) is 2.24. The second-order valence-electron chi connectivity index (χ2n) is 4.47. The highest BCUT2D eigenvalue weighted by Crippen LogP contribution is 2.26. The normalized spacial score (nSPS) is 12.4. The lowest BCUT2D eigenvalue weighted by molar-refractivity contribution is 0.389. The first kappa shape index (κ1) is 13.6. The van der Waals surface area contributed by atoms with Crippen LogP contribution in [0.25, 0.3) is 0 Å². The predicted octanol–water partition coefficient (Wildman–Crippen LogP) is 1.57. The molecule has 5 heteroatoms. The number of hydrazine groups is 1. The van der Waals surface area contributed by atoms with E-state index in [1.165, 1.54) is 5.56 Å². The molecule has 1 aromatic carbocycles. The van der Waals surface area contributed by atoms with Crippen molar-refractivity contribution in [2.45, 2.75) is 18.9 Å². The molecule has 19 heavy (non-hydrogen) atoms. The summed E-state index contributed by atoms with van der Waals surface area (Å²) in [5.41, 5.74) is 5.12. The molecule has 0 radical (unpaired) electrons. The minimum Gasteiger partial charge on any atom is -0.493 e. The highest BCUT2D eigenvalue weighted by molar-refractivity contribution is 5.28. The molecular formula is C14H20N4O. The quantitative estimate of drug-likeness (QED) is 0.611. The zero-order valence-electron chi connectivity index (χ0n) is 11.3. The number of nitrogens with one attached hydrogen (secondary N) is 1. The van der Waals surface area contributed by atoms with Gasteiger partial charge in [0.2, 0.25) is 0 Å². The van der Waals surface area contributed by atoms with Crippen molar-refractivity contribution in [3.8, 4) is 5.75 Å². The van der Waals surface area contributed by atoms with Gasteiger partial charge < -0.3 is 4.74 Å². The van der Waals surface area contributed by atoms with Crippen molar-refractivity contribution < 1.29 is 4.74 Å². The molecule has 5 nitrogen and oxygen atoms in total. The van der Waals surface area contributed by atoms with Gasteiger partial charge in [-0.1, -0.05) is 30.3 Å². The number of rotatable bonds is 6. The maximum atomic E-state index is 5.67. The number of benzene rings is 1. The maximum Gasteiger partial charge on any atom is 0.161 e. The number of nitrogens with two attached hydrogens (primary N) is 1. The van der Waals surface area contributed by atoms with Crippen LogP contribution in [0.2, 0.25) is 0 Å². The molecule has 1 unspecified atom stereocenters. The third kappa shape index (κ3) is 3.13. The lowest BCUT2D eigenvalue weighted by atomic mass is 10.0. The molecule has 1 heterocycles. The zero-order valence-corrected chi connectivity index (χ0v) is 11.3. The molecule has 2 rings (SSSR count). The van der Waals surface area contributed by atoms with Crippen molar-refractivity contribution in [3.63, 3.8) is 0 Å². The van der Waals surface area contributed by atoms with E-state index >= 15 is 0 Å². The summed E-state index contributed by atoms with van der Waals surface area (Å²) in [6.45, 7) is 0. The average Bonchev–Trinajstić information content (AvgIpc) is 2.82. The number of aromatic nitrogens is 2. The largest absolute Gasteiger partial charge is 0.493 e. The summed E-state index contributed by atoms with van der Waals surface area (Å²) in [7, 11) is 3.54. The number of hydrogen-bond donors (Lipinski definition) is 2. The van der Waals surface area contributed by atoms with E-state index in [0.29, 0.717) is 0 Å². The van der Waals surface area contributed by atoms with Gasteiger partial charge in [0.25, 0.3) is 0 Å². The van der Waals surface area contributed by atoms with Crippen LogP contribution in [0.5, 0.6) is 5.75 Å². The Morgan fingerprint density at radius 1 is 1.37 bits per heavy atom. The topological polar surface area (TPSA) is 65.1 Å². The molecule has 0 aliphatic rings. The number of ether oxygens (including phenoxy) is 1. The lowest BCUT2D eigenvalue weighted by Crippen LogP contribution is -2.30. The summed E-state index contributed by atoms with van der Waals surface area (Å²) < 4.78 is 7.12. The molecule has 102 valence electrons.